The zero-order chi connectivity index (χ0) is 18.5. The number of rotatable bonds is 5. The van der Waals surface area contributed by atoms with E-state index in [1.807, 2.05) is 0 Å². The van der Waals surface area contributed by atoms with Gasteiger partial charge in [-0.15, -0.1) is 0 Å². The zero-order valence-electron chi connectivity index (χ0n) is 14.0. The van der Waals surface area contributed by atoms with Gasteiger partial charge in [-0.2, -0.15) is 5.43 Å². The summed E-state index contributed by atoms with van der Waals surface area (Å²) in [5.41, 5.74) is 0.772. The lowest BCUT2D eigenvalue weighted by Gasteiger charge is -2.22. The Bertz CT molecular complexity index is 752. The molecule has 1 aromatic carbocycles. The van der Waals surface area contributed by atoms with E-state index in [4.69, 9.17) is 0 Å². The van der Waals surface area contributed by atoms with Crippen LogP contribution in [0.4, 0.5) is 8.78 Å². The predicted molar refractivity (Wildman–Crippen MR) is 89.9 cm³/mol. The van der Waals surface area contributed by atoms with Crippen LogP contribution in [-0.2, 0) is 4.79 Å². The molecule has 0 spiro atoms. The minimum Gasteiger partial charge on any atom is -0.350 e. The van der Waals surface area contributed by atoms with Crippen LogP contribution in [0.25, 0.3) is 0 Å². The fourth-order valence-corrected chi connectivity index (χ4v) is 2.94. The summed E-state index contributed by atoms with van der Waals surface area (Å²) in [6.07, 6.45) is 3.50. The van der Waals surface area contributed by atoms with E-state index in [0.717, 1.165) is 38.1 Å². The topological polar surface area (TPSA) is 99.2 Å². The molecule has 0 unspecified atom stereocenters. The van der Waals surface area contributed by atoms with Crippen molar-refractivity contribution < 1.29 is 23.8 Å². The van der Waals surface area contributed by atoms with E-state index >= 15 is 0 Å². The molecule has 2 aliphatic rings. The fraction of sp³-hybridized carbons (Fsp3) is 0.353. The highest BCUT2D eigenvalue weighted by Gasteiger charge is 2.28. The first-order valence-electron chi connectivity index (χ1n) is 8.42. The van der Waals surface area contributed by atoms with Crippen LogP contribution in [0.2, 0.25) is 0 Å². The van der Waals surface area contributed by atoms with Crippen LogP contribution in [0.3, 0.4) is 0 Å². The van der Waals surface area contributed by atoms with Crippen molar-refractivity contribution in [1.29, 1.82) is 0 Å². The molecule has 138 valence electrons. The van der Waals surface area contributed by atoms with Crippen molar-refractivity contribution in [2.24, 2.45) is 11.0 Å². The van der Waals surface area contributed by atoms with E-state index in [9.17, 15) is 18.4 Å². The molecule has 5 N–H and O–H groups in total. The molecule has 1 atom stereocenters. The van der Waals surface area contributed by atoms with Crippen LogP contribution in [0, 0.1) is 17.6 Å². The first kappa shape index (κ1) is 18.2. The monoisotopic (exact) mass is 364 g/mol. The smallest absolute Gasteiger partial charge is 0.277 e. The average molecular weight is 364 g/mol. The number of nitrogens with one attached hydrogen (secondary N) is 3. The Kier molecular flexibility index (Phi) is 5.69. The molecule has 7 nitrogen and oxygen atoms in total. The molecule has 1 aromatic rings. The molecular formula is C17H20F2N5O2+. The summed E-state index contributed by atoms with van der Waals surface area (Å²) in [6.45, 7) is 2.32. The van der Waals surface area contributed by atoms with Crippen LogP contribution >= 0.6 is 0 Å². The number of carbonyl (C=O) groups excluding carboxylic acids is 2. The lowest BCUT2D eigenvalue weighted by molar-refractivity contribution is -0.590. The van der Waals surface area contributed by atoms with Gasteiger partial charge in [-0.25, -0.2) is 8.78 Å². The Labute approximate surface area is 148 Å². The maximum atomic E-state index is 13.7. The molecule has 2 aliphatic heterocycles. The summed E-state index contributed by atoms with van der Waals surface area (Å²) in [4.78, 5) is 24.5. The number of nitrogens with two attached hydrogens (primary N) is 1. The van der Waals surface area contributed by atoms with E-state index in [2.05, 4.69) is 21.1 Å². The summed E-state index contributed by atoms with van der Waals surface area (Å²) >= 11 is 0. The summed E-state index contributed by atoms with van der Waals surface area (Å²) < 4.78 is 27.4. The van der Waals surface area contributed by atoms with Gasteiger partial charge in [0.1, 0.15) is 29.1 Å². The molecule has 0 bridgehead atoms. The third-order valence-electron chi connectivity index (χ3n) is 4.30. The van der Waals surface area contributed by atoms with Crippen molar-refractivity contribution in [3.05, 3.63) is 47.3 Å². The minimum atomic E-state index is -0.974. The maximum Gasteiger partial charge on any atom is 0.277 e. The molecule has 1 saturated heterocycles. The van der Waals surface area contributed by atoms with E-state index in [-0.39, 0.29) is 11.4 Å². The second kappa shape index (κ2) is 8.15. The van der Waals surface area contributed by atoms with Crippen molar-refractivity contribution in [3.8, 4) is 0 Å². The highest BCUT2D eigenvalue weighted by molar-refractivity contribution is 6.45. The molecule has 26 heavy (non-hydrogen) atoms. The molecule has 0 aromatic heterocycles. The quantitative estimate of drug-likeness (QED) is 0.534. The van der Waals surface area contributed by atoms with Crippen molar-refractivity contribution >= 4 is 17.5 Å². The standard InChI is InChI=1S/C17H19F2N5O2/c18-11-4-1-5-12(19)14(11)16(25)23-13-9-22-24-15(13)17(26)21-8-10-3-2-6-20-7-10/h1,4-5,9-10,20H,2-3,6-8H2,(H,21,26)(H,22,24)(H,23,25)/p+1/t10-/m0/s1. The zero-order valence-corrected chi connectivity index (χ0v) is 14.0. The maximum absolute atomic E-state index is 13.7. The molecule has 0 saturated carbocycles. The minimum absolute atomic E-state index is 0.0128. The van der Waals surface area contributed by atoms with Crippen molar-refractivity contribution in [2.75, 3.05) is 19.6 Å². The van der Waals surface area contributed by atoms with Gasteiger partial charge >= 0.3 is 0 Å². The predicted octanol–water partition coefficient (Wildman–Crippen LogP) is -0.415. The second-order valence-corrected chi connectivity index (χ2v) is 6.18. The first-order chi connectivity index (χ1) is 12.6. The lowest BCUT2D eigenvalue weighted by atomic mass is 10.00. The third kappa shape index (κ3) is 4.12. The second-order valence-electron chi connectivity index (χ2n) is 6.18. The van der Waals surface area contributed by atoms with E-state index in [1.165, 1.54) is 17.7 Å². The van der Waals surface area contributed by atoms with Crippen molar-refractivity contribution in [3.63, 3.8) is 0 Å². The summed E-state index contributed by atoms with van der Waals surface area (Å²) in [5, 5.41) is 12.3. The molecular weight excluding hydrogens is 344 g/mol. The lowest BCUT2D eigenvalue weighted by Crippen LogP contribution is -2.69. The van der Waals surface area contributed by atoms with Crippen LogP contribution in [-0.4, -0.2) is 37.2 Å². The molecule has 1 fully saturated rings. The number of hydrogen-bond acceptors (Lipinski definition) is 4. The van der Waals surface area contributed by atoms with Crippen LogP contribution in [0.1, 0.15) is 23.2 Å². The van der Waals surface area contributed by atoms with Gasteiger partial charge in [0.25, 0.3) is 11.8 Å². The van der Waals surface area contributed by atoms with Gasteiger partial charge in [0.05, 0.1) is 0 Å². The number of halogens is 2. The SMILES string of the molecule is O=C(NC[C@H]1CCCNC1)C1=N[NH2+]C=C1NC(=O)c1c(F)cccc1F. The van der Waals surface area contributed by atoms with Gasteiger partial charge < -0.3 is 16.0 Å². The van der Waals surface area contributed by atoms with E-state index in [1.54, 1.807) is 0 Å². The van der Waals surface area contributed by atoms with Crippen molar-refractivity contribution in [2.45, 2.75) is 12.8 Å². The molecule has 0 radical (unpaired) electrons. The largest absolute Gasteiger partial charge is 0.350 e. The number of quaternary nitrogens is 1. The molecule has 2 amide bonds. The molecule has 9 heteroatoms. The van der Waals surface area contributed by atoms with Gasteiger partial charge in [0.15, 0.2) is 0 Å². The van der Waals surface area contributed by atoms with Gasteiger partial charge in [-0.1, -0.05) is 11.2 Å². The fourth-order valence-electron chi connectivity index (χ4n) is 2.94. The highest BCUT2D eigenvalue weighted by Crippen LogP contribution is 2.13. The van der Waals surface area contributed by atoms with E-state index in [0.29, 0.717) is 12.5 Å². The van der Waals surface area contributed by atoms with Crippen LogP contribution in [0.5, 0.6) is 0 Å². The van der Waals surface area contributed by atoms with Gasteiger partial charge in [0.2, 0.25) is 5.71 Å². The third-order valence-corrected chi connectivity index (χ3v) is 4.30. The summed E-state index contributed by atoms with van der Waals surface area (Å²) in [5.74, 6) is -3.02. The molecule has 2 heterocycles. The summed E-state index contributed by atoms with van der Waals surface area (Å²) in [6, 6.07) is 3.16. The Morgan fingerprint density at radius 2 is 2.04 bits per heavy atom. The van der Waals surface area contributed by atoms with Gasteiger partial charge in [-0.3, -0.25) is 9.59 Å². The Hall–Kier alpha value is -2.65. The highest BCUT2D eigenvalue weighted by atomic mass is 19.1. The summed E-state index contributed by atoms with van der Waals surface area (Å²) in [7, 11) is 0. The van der Waals surface area contributed by atoms with Crippen LogP contribution < -0.4 is 21.4 Å². The van der Waals surface area contributed by atoms with Gasteiger partial charge in [0, 0.05) is 6.54 Å². The Morgan fingerprint density at radius 3 is 2.73 bits per heavy atom. The number of carbonyl (C=O) groups is 2. The number of benzene rings is 1. The number of amides is 2. The van der Waals surface area contributed by atoms with E-state index < -0.39 is 29.0 Å². The number of nitrogens with zero attached hydrogens (tertiary/aromatic N) is 1. The number of piperidine rings is 1. The molecule has 0 aliphatic carbocycles. The van der Waals surface area contributed by atoms with Gasteiger partial charge in [-0.05, 0) is 44.0 Å². The Balaban J connectivity index is 1.61. The molecule has 3 rings (SSSR count). The average Bonchev–Trinajstić information content (AvgIpc) is 3.08. The Morgan fingerprint density at radius 1 is 1.27 bits per heavy atom. The van der Waals surface area contributed by atoms with Crippen LogP contribution in [0.15, 0.2) is 35.2 Å². The number of hydrogen-bond donors (Lipinski definition) is 4. The van der Waals surface area contributed by atoms with Crippen molar-refractivity contribution in [1.82, 2.24) is 16.0 Å². The first-order valence-corrected chi connectivity index (χ1v) is 8.42. The normalized spacial score (nSPS) is 19.5.